The van der Waals surface area contributed by atoms with Gasteiger partial charge in [0.25, 0.3) is 0 Å². The molecule has 1 saturated carbocycles. The lowest BCUT2D eigenvalue weighted by atomic mass is 9.91. The van der Waals surface area contributed by atoms with Crippen molar-refractivity contribution in [2.24, 2.45) is 10.9 Å². The van der Waals surface area contributed by atoms with Gasteiger partial charge in [-0.15, -0.1) is 0 Å². The molecule has 5 nitrogen and oxygen atoms in total. The molecule has 0 aliphatic heterocycles. The van der Waals surface area contributed by atoms with Crippen molar-refractivity contribution in [2.75, 3.05) is 5.32 Å². The number of nitrogens with two attached hydrogens (primary N) is 2. The average Bonchev–Trinajstić information content (AvgIpc) is 2.33. The van der Waals surface area contributed by atoms with E-state index in [1.807, 2.05) is 0 Å². The van der Waals surface area contributed by atoms with Crippen LogP contribution in [0.25, 0.3) is 0 Å². The van der Waals surface area contributed by atoms with Gasteiger partial charge in [-0.25, -0.2) is 17.9 Å². The van der Waals surface area contributed by atoms with Crippen LogP contribution in [0.4, 0.5) is 10.1 Å². The molecule has 0 heterocycles. The molecule has 1 aromatic carbocycles. The molecule has 1 fully saturated rings. The van der Waals surface area contributed by atoms with Gasteiger partial charge in [-0.05, 0) is 31.0 Å². The van der Waals surface area contributed by atoms with Crippen molar-refractivity contribution in [1.82, 2.24) is 0 Å². The van der Waals surface area contributed by atoms with Crippen LogP contribution in [0.1, 0.15) is 25.7 Å². The fraction of sp³-hybridized carbons (Fsp3) is 0.500. The zero-order valence-electron chi connectivity index (χ0n) is 10.5. The van der Waals surface area contributed by atoms with Gasteiger partial charge in [-0.1, -0.05) is 12.8 Å². The maximum atomic E-state index is 13.8. The van der Waals surface area contributed by atoms with Gasteiger partial charge in [-0.3, -0.25) is 0 Å². The summed E-state index contributed by atoms with van der Waals surface area (Å²) in [6.45, 7) is 0. The molecule has 0 spiro atoms. The van der Waals surface area contributed by atoms with E-state index in [4.69, 9.17) is 10.9 Å². The molecule has 1 aliphatic carbocycles. The first-order valence-corrected chi connectivity index (χ1v) is 7.77. The van der Waals surface area contributed by atoms with Crippen LogP contribution in [-0.2, 0) is 10.0 Å². The fourth-order valence-electron chi connectivity index (χ4n) is 2.33. The summed E-state index contributed by atoms with van der Waals surface area (Å²) in [5.74, 6) is -0.635. The van der Waals surface area contributed by atoms with Crippen LogP contribution >= 0.6 is 0 Å². The number of halogens is 1. The molecule has 0 bridgehead atoms. The highest BCUT2D eigenvalue weighted by Gasteiger charge is 2.22. The average molecular weight is 287 g/mol. The van der Waals surface area contributed by atoms with Crippen LogP contribution in [-0.4, -0.2) is 20.5 Å². The maximum absolute atomic E-state index is 13.8. The number of sulfonamides is 1. The summed E-state index contributed by atoms with van der Waals surface area (Å²) >= 11 is 0. The molecular weight excluding hydrogens is 269 g/mol. The van der Waals surface area contributed by atoms with Crippen molar-refractivity contribution in [3.8, 4) is 0 Å². The fourth-order valence-corrected chi connectivity index (χ4v) is 2.85. The lowest BCUT2D eigenvalue weighted by molar-refractivity contribution is 0.403. The third-order valence-corrected chi connectivity index (χ3v) is 4.34. The summed E-state index contributed by atoms with van der Waals surface area (Å²) < 4.78 is 36.1. The molecule has 2 rings (SSSR count). The quantitative estimate of drug-likeness (QED) is 0.776. The van der Waals surface area contributed by atoms with Crippen molar-refractivity contribution in [1.29, 1.82) is 0 Å². The smallest absolute Gasteiger partial charge is 0.238 e. The van der Waals surface area contributed by atoms with Gasteiger partial charge in [-0.2, -0.15) is 0 Å². The molecule has 0 unspecified atom stereocenters. The second-order valence-electron chi connectivity index (χ2n) is 4.89. The van der Waals surface area contributed by atoms with Crippen LogP contribution in [0.2, 0.25) is 0 Å². The predicted molar refractivity (Wildman–Crippen MR) is 71.6 cm³/mol. The molecule has 106 valence electrons. The van der Waals surface area contributed by atoms with E-state index in [0.29, 0.717) is 0 Å². The Balaban J connectivity index is 2.17. The Labute approximate surface area is 112 Å². The van der Waals surface area contributed by atoms with E-state index in [9.17, 15) is 12.8 Å². The van der Waals surface area contributed by atoms with Crippen LogP contribution < -0.4 is 16.2 Å². The summed E-state index contributed by atoms with van der Waals surface area (Å²) in [5.41, 5.74) is 6.23. The van der Waals surface area contributed by atoms with Crippen molar-refractivity contribution in [3.05, 3.63) is 24.0 Å². The Morgan fingerprint density at radius 2 is 1.95 bits per heavy atom. The summed E-state index contributed by atoms with van der Waals surface area (Å²) in [5, 5.41) is 7.99. The van der Waals surface area contributed by atoms with Crippen molar-refractivity contribution in [2.45, 2.75) is 42.7 Å². The second kappa shape index (κ2) is 5.44. The van der Waals surface area contributed by atoms with E-state index in [0.717, 1.165) is 31.7 Å². The van der Waals surface area contributed by atoms with Crippen LogP contribution in [0.15, 0.2) is 23.1 Å². The second-order valence-corrected chi connectivity index (χ2v) is 6.45. The van der Waals surface area contributed by atoms with E-state index in [1.54, 1.807) is 0 Å². The SMILES string of the molecule is N[C@@H]1CCCC[C@H]1Nc1ccc(S(N)(=O)=O)cc1F. The van der Waals surface area contributed by atoms with Gasteiger partial charge < -0.3 is 11.1 Å². The highest BCUT2D eigenvalue weighted by molar-refractivity contribution is 7.89. The normalized spacial score (nSPS) is 24.2. The lowest BCUT2D eigenvalue weighted by Gasteiger charge is -2.30. The number of anilines is 1. The van der Waals surface area contributed by atoms with E-state index in [1.165, 1.54) is 12.1 Å². The van der Waals surface area contributed by atoms with Gasteiger partial charge in [0.1, 0.15) is 5.82 Å². The van der Waals surface area contributed by atoms with Crippen molar-refractivity contribution in [3.63, 3.8) is 0 Å². The van der Waals surface area contributed by atoms with Gasteiger partial charge in [0, 0.05) is 12.1 Å². The molecular formula is C12H18FN3O2S. The topological polar surface area (TPSA) is 98.2 Å². The molecule has 0 amide bonds. The number of hydrogen-bond acceptors (Lipinski definition) is 4. The highest BCUT2D eigenvalue weighted by Crippen LogP contribution is 2.24. The van der Waals surface area contributed by atoms with Gasteiger partial charge in [0.2, 0.25) is 10.0 Å². The first-order chi connectivity index (χ1) is 8.88. The van der Waals surface area contributed by atoms with E-state index in [-0.39, 0.29) is 22.7 Å². The lowest BCUT2D eigenvalue weighted by Crippen LogP contribution is -2.42. The highest BCUT2D eigenvalue weighted by atomic mass is 32.2. The number of primary sulfonamides is 1. The molecule has 0 saturated heterocycles. The zero-order chi connectivity index (χ0) is 14.0. The number of hydrogen-bond donors (Lipinski definition) is 3. The molecule has 7 heteroatoms. The van der Waals surface area contributed by atoms with Crippen LogP contribution in [0.3, 0.4) is 0 Å². The molecule has 0 radical (unpaired) electrons. The van der Waals surface area contributed by atoms with E-state index < -0.39 is 15.8 Å². The Kier molecular flexibility index (Phi) is 4.07. The monoisotopic (exact) mass is 287 g/mol. The summed E-state index contributed by atoms with van der Waals surface area (Å²) in [6.07, 6.45) is 3.94. The van der Waals surface area contributed by atoms with E-state index >= 15 is 0 Å². The Bertz CT molecular complexity index is 562. The molecule has 0 aromatic heterocycles. The Morgan fingerprint density at radius 1 is 1.26 bits per heavy atom. The minimum Gasteiger partial charge on any atom is -0.378 e. The van der Waals surface area contributed by atoms with E-state index in [2.05, 4.69) is 5.32 Å². The first-order valence-electron chi connectivity index (χ1n) is 6.22. The predicted octanol–water partition coefficient (Wildman–Crippen LogP) is 1.15. The Morgan fingerprint density at radius 3 is 2.53 bits per heavy atom. The molecule has 1 aliphatic rings. The van der Waals surface area contributed by atoms with Crippen LogP contribution in [0.5, 0.6) is 0 Å². The van der Waals surface area contributed by atoms with Gasteiger partial charge in [0.15, 0.2) is 0 Å². The van der Waals surface area contributed by atoms with Gasteiger partial charge in [0.05, 0.1) is 10.6 Å². The maximum Gasteiger partial charge on any atom is 0.238 e. The Hall–Kier alpha value is -1.18. The third kappa shape index (κ3) is 3.43. The minimum absolute atomic E-state index is 0.00827. The number of nitrogens with one attached hydrogen (secondary N) is 1. The third-order valence-electron chi connectivity index (χ3n) is 3.43. The first kappa shape index (κ1) is 14.2. The summed E-state index contributed by atoms with van der Waals surface area (Å²) in [6, 6.07) is 3.60. The van der Waals surface area contributed by atoms with Crippen LogP contribution in [0, 0.1) is 5.82 Å². The number of benzene rings is 1. The minimum atomic E-state index is -3.88. The zero-order valence-corrected chi connectivity index (χ0v) is 11.3. The van der Waals surface area contributed by atoms with Crippen molar-refractivity contribution < 1.29 is 12.8 Å². The van der Waals surface area contributed by atoms with Gasteiger partial charge >= 0.3 is 0 Å². The number of rotatable bonds is 3. The standard InChI is InChI=1S/C12H18FN3O2S/c13-9-7-8(19(15,17)18)5-6-11(9)16-12-4-2-1-3-10(12)14/h5-7,10,12,16H,1-4,14H2,(H2,15,17,18)/t10-,12-/m1/s1. The summed E-state index contributed by atoms with van der Waals surface area (Å²) in [4.78, 5) is -0.233. The molecule has 2 atom stereocenters. The molecule has 5 N–H and O–H groups in total. The summed E-state index contributed by atoms with van der Waals surface area (Å²) in [7, 11) is -3.88. The van der Waals surface area contributed by atoms with Crippen molar-refractivity contribution >= 4 is 15.7 Å². The largest absolute Gasteiger partial charge is 0.378 e. The molecule has 1 aromatic rings. The molecule has 19 heavy (non-hydrogen) atoms.